The van der Waals surface area contributed by atoms with Gasteiger partial charge in [0.1, 0.15) is 11.6 Å². The van der Waals surface area contributed by atoms with Crippen molar-refractivity contribution in [3.63, 3.8) is 0 Å². The Hall–Kier alpha value is -2.61. The zero-order valence-electron chi connectivity index (χ0n) is 9.95. The lowest BCUT2D eigenvalue weighted by Crippen LogP contribution is -2.15. The first kappa shape index (κ1) is 13.8. The lowest BCUT2D eigenvalue weighted by atomic mass is 10.2. The predicted molar refractivity (Wildman–Crippen MR) is 66.3 cm³/mol. The summed E-state index contributed by atoms with van der Waals surface area (Å²) in [6, 6.07) is 3.72. The van der Waals surface area contributed by atoms with E-state index in [4.69, 9.17) is 5.84 Å². The summed E-state index contributed by atoms with van der Waals surface area (Å²) in [5, 5.41) is 2.12. The van der Waals surface area contributed by atoms with Crippen molar-refractivity contribution in [2.45, 2.75) is 0 Å². The van der Waals surface area contributed by atoms with Crippen LogP contribution in [-0.2, 0) is 0 Å². The predicted octanol–water partition coefficient (Wildman–Crippen LogP) is 2.04. The summed E-state index contributed by atoms with van der Waals surface area (Å²) in [5.41, 5.74) is 1.91. The molecule has 0 radical (unpaired) electrons. The molecule has 0 aliphatic rings. The van der Waals surface area contributed by atoms with Crippen LogP contribution in [-0.4, -0.2) is 10.9 Å². The summed E-state index contributed by atoms with van der Waals surface area (Å²) in [4.78, 5) is 15.6. The van der Waals surface area contributed by atoms with E-state index in [0.717, 1.165) is 0 Å². The number of pyridine rings is 1. The van der Waals surface area contributed by atoms with Crippen molar-refractivity contribution in [2.24, 2.45) is 5.84 Å². The van der Waals surface area contributed by atoms with Crippen LogP contribution >= 0.6 is 0 Å². The molecule has 0 saturated carbocycles. The third kappa shape index (κ3) is 2.86. The van der Waals surface area contributed by atoms with Crippen LogP contribution in [0, 0.1) is 17.5 Å². The molecule has 0 atom stereocenters. The number of benzene rings is 1. The number of hydrazine groups is 1. The van der Waals surface area contributed by atoms with Crippen LogP contribution in [0.25, 0.3) is 0 Å². The van der Waals surface area contributed by atoms with Crippen LogP contribution in [0.2, 0.25) is 0 Å². The summed E-state index contributed by atoms with van der Waals surface area (Å²) >= 11 is 0. The second-order valence-corrected chi connectivity index (χ2v) is 3.78. The van der Waals surface area contributed by atoms with E-state index < -0.39 is 29.0 Å². The third-order valence-electron chi connectivity index (χ3n) is 2.43. The quantitative estimate of drug-likeness (QED) is 0.457. The number of nitrogens with one attached hydrogen (secondary N) is 2. The van der Waals surface area contributed by atoms with Gasteiger partial charge in [0.05, 0.1) is 11.3 Å². The van der Waals surface area contributed by atoms with Crippen molar-refractivity contribution in [2.75, 3.05) is 10.7 Å². The lowest BCUT2D eigenvalue weighted by Gasteiger charge is -2.07. The molecule has 0 saturated heterocycles. The molecule has 2 rings (SSSR count). The molecule has 0 aliphatic heterocycles. The van der Waals surface area contributed by atoms with E-state index in [1.54, 1.807) is 0 Å². The molecule has 0 aliphatic carbocycles. The fraction of sp³-hybridized carbons (Fsp3) is 0. The Bertz CT molecular complexity index is 646. The van der Waals surface area contributed by atoms with Gasteiger partial charge in [-0.15, -0.1) is 0 Å². The third-order valence-corrected chi connectivity index (χ3v) is 2.43. The number of aromatic nitrogens is 1. The smallest absolute Gasteiger partial charge is 0.257 e. The van der Waals surface area contributed by atoms with E-state index in [-0.39, 0.29) is 5.56 Å². The van der Waals surface area contributed by atoms with Gasteiger partial charge in [0.25, 0.3) is 5.91 Å². The standard InChI is InChI=1S/C12H9F3N4O/c13-7-3-9(15)10(4-8(7)14)18-12(20)6-1-2-11(19-16)17-5-6/h1-5H,16H2,(H,17,19)(H,18,20). The Balaban J connectivity index is 2.20. The molecule has 0 spiro atoms. The Morgan fingerprint density at radius 2 is 1.80 bits per heavy atom. The van der Waals surface area contributed by atoms with Crippen LogP contribution in [0.1, 0.15) is 10.4 Å². The number of nitrogens with two attached hydrogens (primary N) is 1. The Morgan fingerprint density at radius 1 is 1.10 bits per heavy atom. The van der Waals surface area contributed by atoms with E-state index in [1.165, 1.54) is 18.3 Å². The van der Waals surface area contributed by atoms with Gasteiger partial charge in [0.15, 0.2) is 11.6 Å². The summed E-state index contributed by atoms with van der Waals surface area (Å²) < 4.78 is 39.1. The molecule has 104 valence electrons. The first-order valence-corrected chi connectivity index (χ1v) is 5.40. The number of hydrogen-bond acceptors (Lipinski definition) is 4. The first-order valence-electron chi connectivity index (χ1n) is 5.40. The second kappa shape index (κ2) is 5.57. The van der Waals surface area contributed by atoms with Gasteiger partial charge in [0, 0.05) is 18.3 Å². The van der Waals surface area contributed by atoms with Crippen molar-refractivity contribution >= 4 is 17.4 Å². The van der Waals surface area contributed by atoms with Gasteiger partial charge in [-0.05, 0) is 12.1 Å². The van der Waals surface area contributed by atoms with Gasteiger partial charge >= 0.3 is 0 Å². The van der Waals surface area contributed by atoms with Crippen LogP contribution in [0.3, 0.4) is 0 Å². The lowest BCUT2D eigenvalue weighted by molar-refractivity contribution is 0.102. The second-order valence-electron chi connectivity index (χ2n) is 3.78. The van der Waals surface area contributed by atoms with E-state index in [0.29, 0.717) is 18.0 Å². The average Bonchev–Trinajstić information content (AvgIpc) is 2.44. The molecule has 5 nitrogen and oxygen atoms in total. The highest BCUT2D eigenvalue weighted by atomic mass is 19.2. The number of rotatable bonds is 3. The highest BCUT2D eigenvalue weighted by Crippen LogP contribution is 2.19. The first-order chi connectivity index (χ1) is 9.51. The molecular formula is C12H9F3N4O. The number of nitrogen functional groups attached to an aromatic ring is 1. The van der Waals surface area contributed by atoms with Crippen molar-refractivity contribution in [3.8, 4) is 0 Å². The molecule has 0 bridgehead atoms. The number of carbonyl (C=O) groups excluding carboxylic acids is 1. The number of halogens is 3. The number of amides is 1. The maximum atomic E-state index is 13.4. The highest BCUT2D eigenvalue weighted by molar-refractivity contribution is 6.04. The Kier molecular flexibility index (Phi) is 3.85. The molecule has 4 N–H and O–H groups in total. The maximum Gasteiger partial charge on any atom is 0.257 e. The minimum absolute atomic E-state index is 0.105. The fourth-order valence-corrected chi connectivity index (χ4v) is 1.43. The molecule has 0 unspecified atom stereocenters. The van der Waals surface area contributed by atoms with Crippen LogP contribution < -0.4 is 16.6 Å². The highest BCUT2D eigenvalue weighted by Gasteiger charge is 2.13. The van der Waals surface area contributed by atoms with Crippen molar-refractivity contribution in [1.82, 2.24) is 4.98 Å². The van der Waals surface area contributed by atoms with Crippen LogP contribution in [0.15, 0.2) is 30.5 Å². The molecular weight excluding hydrogens is 273 g/mol. The SMILES string of the molecule is NNc1ccc(C(=O)Nc2cc(F)c(F)cc2F)cn1. The molecule has 1 amide bonds. The molecule has 8 heteroatoms. The van der Waals surface area contributed by atoms with E-state index in [9.17, 15) is 18.0 Å². The average molecular weight is 282 g/mol. The minimum Gasteiger partial charge on any atom is -0.319 e. The molecule has 1 aromatic heterocycles. The molecule has 20 heavy (non-hydrogen) atoms. The largest absolute Gasteiger partial charge is 0.319 e. The Morgan fingerprint density at radius 3 is 2.40 bits per heavy atom. The van der Waals surface area contributed by atoms with Crippen molar-refractivity contribution in [3.05, 3.63) is 53.5 Å². The monoisotopic (exact) mass is 282 g/mol. The summed E-state index contributed by atoms with van der Waals surface area (Å²) in [5.74, 6) is 1.05. The zero-order chi connectivity index (χ0) is 14.7. The van der Waals surface area contributed by atoms with E-state index in [1.807, 2.05) is 0 Å². The molecule has 0 fully saturated rings. The van der Waals surface area contributed by atoms with Gasteiger partial charge < -0.3 is 10.7 Å². The zero-order valence-corrected chi connectivity index (χ0v) is 9.95. The van der Waals surface area contributed by atoms with Crippen molar-refractivity contribution in [1.29, 1.82) is 0 Å². The van der Waals surface area contributed by atoms with Gasteiger partial charge in [-0.25, -0.2) is 24.0 Å². The van der Waals surface area contributed by atoms with Crippen LogP contribution in [0.5, 0.6) is 0 Å². The van der Waals surface area contributed by atoms with Gasteiger partial charge in [0.2, 0.25) is 0 Å². The number of carbonyl (C=O) groups is 1. The normalized spacial score (nSPS) is 10.2. The number of nitrogens with zero attached hydrogens (tertiary/aromatic N) is 1. The number of hydrogen-bond donors (Lipinski definition) is 3. The topological polar surface area (TPSA) is 80.0 Å². The van der Waals surface area contributed by atoms with Gasteiger partial charge in [-0.2, -0.15) is 0 Å². The maximum absolute atomic E-state index is 13.4. The van der Waals surface area contributed by atoms with E-state index >= 15 is 0 Å². The van der Waals surface area contributed by atoms with Gasteiger partial charge in [-0.3, -0.25) is 4.79 Å². The summed E-state index contributed by atoms with van der Waals surface area (Å²) in [7, 11) is 0. The number of anilines is 2. The van der Waals surface area contributed by atoms with Gasteiger partial charge in [-0.1, -0.05) is 0 Å². The van der Waals surface area contributed by atoms with Crippen molar-refractivity contribution < 1.29 is 18.0 Å². The Labute approximate surface area is 111 Å². The molecule has 1 heterocycles. The molecule has 1 aromatic carbocycles. The van der Waals surface area contributed by atoms with Crippen LogP contribution in [0.4, 0.5) is 24.7 Å². The molecule has 2 aromatic rings. The minimum atomic E-state index is -1.33. The van der Waals surface area contributed by atoms with E-state index in [2.05, 4.69) is 15.7 Å². The summed E-state index contributed by atoms with van der Waals surface area (Å²) in [6.07, 6.45) is 1.20. The fourth-order valence-electron chi connectivity index (χ4n) is 1.43. The summed E-state index contributed by atoms with van der Waals surface area (Å²) in [6.45, 7) is 0.